The van der Waals surface area contributed by atoms with Gasteiger partial charge in [0.05, 0.1) is 6.04 Å². The van der Waals surface area contributed by atoms with Crippen molar-refractivity contribution in [2.24, 2.45) is 5.92 Å². The third-order valence-electron chi connectivity index (χ3n) is 6.84. The number of amides is 2. The molecule has 4 aromatic rings. The number of hydrogen-bond acceptors (Lipinski definition) is 4. The minimum absolute atomic E-state index is 0.171. The zero-order chi connectivity index (χ0) is 26.9. The molecular formula is C31H33N3O4. The number of hydrogen-bond donors (Lipinski definition) is 4. The third kappa shape index (κ3) is 6.95. The predicted molar refractivity (Wildman–Crippen MR) is 147 cm³/mol. The highest BCUT2D eigenvalue weighted by Crippen LogP contribution is 2.22. The first-order valence-corrected chi connectivity index (χ1v) is 12.9. The number of fused-ring (bicyclic) bond motifs is 1. The number of ketones is 1. The molecule has 0 bridgehead atoms. The lowest BCUT2D eigenvalue weighted by atomic mass is 9.93. The number of aromatic nitrogens is 1. The largest absolute Gasteiger partial charge is 0.360 e. The minimum Gasteiger partial charge on any atom is -0.360 e. The molecule has 0 saturated carbocycles. The van der Waals surface area contributed by atoms with Gasteiger partial charge in [0, 0.05) is 41.4 Å². The van der Waals surface area contributed by atoms with Crippen LogP contribution in [0.1, 0.15) is 46.3 Å². The Morgan fingerprint density at radius 1 is 0.895 bits per heavy atom. The molecule has 7 nitrogen and oxygen atoms in total. The van der Waals surface area contributed by atoms with Crippen molar-refractivity contribution in [2.45, 2.75) is 45.1 Å². The fourth-order valence-electron chi connectivity index (χ4n) is 4.71. The third-order valence-corrected chi connectivity index (χ3v) is 6.84. The zero-order valence-electron chi connectivity index (χ0n) is 21.4. The fourth-order valence-corrected chi connectivity index (χ4v) is 4.71. The first kappa shape index (κ1) is 26.8. The normalized spacial score (nSPS) is 12.6. The van der Waals surface area contributed by atoms with Crippen LogP contribution in [-0.4, -0.2) is 33.8 Å². The highest BCUT2D eigenvalue weighted by Gasteiger charge is 2.29. The number of benzene rings is 3. The molecule has 0 fully saturated rings. The van der Waals surface area contributed by atoms with E-state index in [0.717, 1.165) is 28.5 Å². The summed E-state index contributed by atoms with van der Waals surface area (Å²) in [7, 11) is 0. The molecule has 2 atom stereocenters. The second-order valence-electron chi connectivity index (χ2n) is 9.68. The summed E-state index contributed by atoms with van der Waals surface area (Å²) in [6.07, 6.45) is 3.69. The quantitative estimate of drug-likeness (QED) is 0.123. The number of aryl methyl sites for hydroxylation is 2. The van der Waals surface area contributed by atoms with Crippen molar-refractivity contribution < 1.29 is 19.6 Å². The van der Waals surface area contributed by atoms with E-state index in [0.29, 0.717) is 24.8 Å². The summed E-state index contributed by atoms with van der Waals surface area (Å²) in [5.41, 5.74) is 6.22. The highest BCUT2D eigenvalue weighted by atomic mass is 16.5. The molecule has 0 aliphatic carbocycles. The van der Waals surface area contributed by atoms with Crippen molar-refractivity contribution in [1.82, 2.24) is 15.8 Å². The molecule has 0 aliphatic rings. The molecule has 0 saturated heterocycles. The maximum Gasteiger partial charge on any atom is 0.244 e. The van der Waals surface area contributed by atoms with E-state index in [4.69, 9.17) is 5.21 Å². The molecule has 1 aromatic heterocycles. The molecule has 2 amide bonds. The van der Waals surface area contributed by atoms with Gasteiger partial charge in [-0.15, -0.1) is 0 Å². The van der Waals surface area contributed by atoms with Crippen LogP contribution in [-0.2, 0) is 22.4 Å². The molecule has 0 unspecified atom stereocenters. The van der Waals surface area contributed by atoms with Crippen molar-refractivity contribution in [1.29, 1.82) is 0 Å². The van der Waals surface area contributed by atoms with Gasteiger partial charge >= 0.3 is 0 Å². The van der Waals surface area contributed by atoms with E-state index in [1.54, 1.807) is 11.7 Å². The lowest BCUT2D eigenvalue weighted by molar-refractivity contribution is -0.135. The lowest BCUT2D eigenvalue weighted by Crippen LogP contribution is -2.45. The number of nitrogens with one attached hydrogen (secondary N) is 3. The van der Waals surface area contributed by atoms with Crippen LogP contribution in [0.25, 0.3) is 10.9 Å². The predicted octanol–water partition coefficient (Wildman–Crippen LogP) is 4.92. The van der Waals surface area contributed by atoms with Crippen LogP contribution in [0.5, 0.6) is 0 Å². The van der Waals surface area contributed by atoms with Crippen LogP contribution >= 0.6 is 0 Å². The van der Waals surface area contributed by atoms with E-state index in [9.17, 15) is 14.4 Å². The minimum atomic E-state index is -0.819. The number of aromatic amines is 1. The van der Waals surface area contributed by atoms with Crippen LogP contribution in [0.15, 0.2) is 85.1 Å². The lowest BCUT2D eigenvalue weighted by Gasteiger charge is -2.22. The monoisotopic (exact) mass is 511 g/mol. The van der Waals surface area contributed by atoms with Crippen molar-refractivity contribution >= 4 is 28.5 Å². The maximum absolute atomic E-state index is 13.7. The summed E-state index contributed by atoms with van der Waals surface area (Å²) in [6.45, 7) is 2.03. The number of hydroxylamine groups is 1. The van der Waals surface area contributed by atoms with Gasteiger partial charge in [0.1, 0.15) is 0 Å². The average Bonchev–Trinajstić information content (AvgIpc) is 3.37. The van der Waals surface area contributed by atoms with E-state index in [-0.39, 0.29) is 18.1 Å². The summed E-state index contributed by atoms with van der Waals surface area (Å²) in [4.78, 5) is 42.4. The first-order valence-electron chi connectivity index (χ1n) is 12.9. The van der Waals surface area contributed by atoms with Crippen molar-refractivity contribution in [3.63, 3.8) is 0 Å². The number of para-hydroxylation sites is 1. The van der Waals surface area contributed by atoms with Gasteiger partial charge in [-0.1, -0.05) is 78.4 Å². The molecule has 7 heteroatoms. The molecule has 0 radical (unpaired) electrons. The van der Waals surface area contributed by atoms with Crippen LogP contribution in [0.2, 0.25) is 0 Å². The summed E-state index contributed by atoms with van der Waals surface area (Å²) in [5.74, 6) is -1.92. The van der Waals surface area contributed by atoms with Gasteiger partial charge in [-0.05, 0) is 43.4 Å². The molecule has 0 spiro atoms. The van der Waals surface area contributed by atoms with Crippen molar-refractivity contribution in [3.05, 3.63) is 107 Å². The number of rotatable bonds is 12. The van der Waals surface area contributed by atoms with E-state index in [1.807, 2.05) is 73.7 Å². The van der Waals surface area contributed by atoms with Gasteiger partial charge < -0.3 is 10.3 Å². The zero-order valence-corrected chi connectivity index (χ0v) is 21.4. The summed E-state index contributed by atoms with van der Waals surface area (Å²) in [5, 5.41) is 12.8. The Balaban J connectivity index is 1.53. The SMILES string of the molecule is Cc1ccc(CCC[C@H](CC(=O)NO)C(=O)N[C@H](Cc2ccccc2)C(=O)c2c[nH]c3ccccc23)cc1. The van der Waals surface area contributed by atoms with Crippen molar-refractivity contribution in [2.75, 3.05) is 0 Å². The summed E-state index contributed by atoms with van der Waals surface area (Å²) >= 11 is 0. The highest BCUT2D eigenvalue weighted by molar-refractivity contribution is 6.11. The first-order chi connectivity index (χ1) is 18.4. The molecule has 196 valence electrons. The van der Waals surface area contributed by atoms with E-state index in [2.05, 4.69) is 22.4 Å². The van der Waals surface area contributed by atoms with E-state index < -0.39 is 17.9 Å². The molecule has 4 N–H and O–H groups in total. The molecule has 3 aromatic carbocycles. The van der Waals surface area contributed by atoms with Gasteiger partial charge in [-0.25, -0.2) is 5.48 Å². The van der Waals surface area contributed by atoms with Crippen LogP contribution in [0, 0.1) is 12.8 Å². The molecule has 4 rings (SSSR count). The number of H-pyrrole nitrogens is 1. The Hall–Kier alpha value is -4.23. The van der Waals surface area contributed by atoms with Crippen LogP contribution < -0.4 is 10.8 Å². The summed E-state index contributed by atoms with van der Waals surface area (Å²) < 4.78 is 0. The van der Waals surface area contributed by atoms with Gasteiger partial charge in [0.25, 0.3) is 0 Å². The standard InChI is InChI=1S/C31H33N3O4/c1-21-14-16-22(17-15-21)10-7-11-24(19-29(35)34-38)31(37)33-28(18-23-8-3-2-4-9-23)30(36)26-20-32-27-13-6-5-12-25(26)27/h2-6,8-9,12-17,20,24,28,32,38H,7,10-11,18-19H2,1H3,(H,33,37)(H,34,35)/t24-,28-/m1/s1. The Morgan fingerprint density at radius 3 is 2.34 bits per heavy atom. The van der Waals surface area contributed by atoms with E-state index in [1.165, 1.54) is 5.56 Å². The number of carbonyl (C=O) groups excluding carboxylic acids is 3. The van der Waals surface area contributed by atoms with Gasteiger partial charge in [-0.2, -0.15) is 0 Å². The topological polar surface area (TPSA) is 111 Å². The fraction of sp³-hybridized carbons (Fsp3) is 0.258. The second kappa shape index (κ2) is 12.8. The molecular weight excluding hydrogens is 478 g/mol. The van der Waals surface area contributed by atoms with Gasteiger partial charge in [0.2, 0.25) is 11.8 Å². The summed E-state index contributed by atoms with van der Waals surface area (Å²) in [6, 6.07) is 24.4. The number of carbonyl (C=O) groups is 3. The maximum atomic E-state index is 13.7. The van der Waals surface area contributed by atoms with Crippen molar-refractivity contribution in [3.8, 4) is 0 Å². The molecule has 1 heterocycles. The molecule has 0 aliphatic heterocycles. The second-order valence-corrected chi connectivity index (χ2v) is 9.68. The Labute approximate surface area is 222 Å². The average molecular weight is 512 g/mol. The molecule has 38 heavy (non-hydrogen) atoms. The Kier molecular flexibility index (Phi) is 9.06. The smallest absolute Gasteiger partial charge is 0.244 e. The number of Topliss-reactive ketones (excluding diaryl/α,β-unsaturated/α-hetero) is 1. The van der Waals surface area contributed by atoms with Crippen LogP contribution in [0.4, 0.5) is 0 Å². The van der Waals surface area contributed by atoms with E-state index >= 15 is 0 Å². The van der Waals surface area contributed by atoms with Gasteiger partial charge in [0.15, 0.2) is 5.78 Å². The van der Waals surface area contributed by atoms with Crippen LogP contribution in [0.3, 0.4) is 0 Å². The Morgan fingerprint density at radius 2 is 1.61 bits per heavy atom. The Bertz CT molecular complexity index is 1380. The van der Waals surface area contributed by atoms with Gasteiger partial charge in [-0.3, -0.25) is 19.6 Å².